The molecule has 1 aromatic carbocycles. The number of nitrogens with zero attached hydrogens (tertiary/aromatic N) is 5. The van der Waals surface area contributed by atoms with Gasteiger partial charge < -0.3 is 14.6 Å². The molecule has 0 aliphatic rings. The summed E-state index contributed by atoms with van der Waals surface area (Å²) in [7, 11) is 2.82. The highest BCUT2D eigenvalue weighted by molar-refractivity contribution is 6.03. The minimum absolute atomic E-state index is 0.0890. The molecule has 37 heavy (non-hydrogen) atoms. The lowest BCUT2D eigenvalue weighted by molar-refractivity contribution is -0.167. The molecule has 2 amide bonds. The van der Waals surface area contributed by atoms with Crippen molar-refractivity contribution in [2.75, 3.05) is 17.3 Å². The van der Waals surface area contributed by atoms with Crippen molar-refractivity contribution in [3.8, 4) is 11.8 Å². The molecule has 0 aliphatic carbocycles. The number of fused-ring (bicyclic) bond motifs is 1. The maximum Gasteiger partial charge on any atom is 0.471 e. The Bertz CT molecular complexity index is 1500. The van der Waals surface area contributed by atoms with E-state index in [-0.39, 0.29) is 33.7 Å². The van der Waals surface area contributed by atoms with Crippen LogP contribution in [0.2, 0.25) is 0 Å². The first-order chi connectivity index (χ1) is 17.1. The molecule has 2 aromatic heterocycles. The zero-order valence-corrected chi connectivity index (χ0v) is 20.3. The van der Waals surface area contributed by atoms with E-state index in [0.717, 1.165) is 11.0 Å². The number of pyridine rings is 1. The van der Waals surface area contributed by atoms with Crippen molar-refractivity contribution in [2.24, 2.45) is 7.05 Å². The van der Waals surface area contributed by atoms with E-state index in [2.05, 4.69) is 26.7 Å². The fourth-order valence-corrected chi connectivity index (χ4v) is 3.06. The Hall–Kier alpha value is -4.65. The number of amides is 2. The van der Waals surface area contributed by atoms with Gasteiger partial charge in [-0.1, -0.05) is 11.8 Å². The third kappa shape index (κ3) is 5.95. The van der Waals surface area contributed by atoms with Gasteiger partial charge in [-0.3, -0.25) is 9.69 Å². The van der Waals surface area contributed by atoms with Crippen LogP contribution in [-0.4, -0.2) is 45.4 Å². The second kappa shape index (κ2) is 9.78. The second-order valence-electron chi connectivity index (χ2n) is 8.73. The summed E-state index contributed by atoms with van der Waals surface area (Å²) in [6, 6.07) is 3.48. The van der Waals surface area contributed by atoms with Gasteiger partial charge in [0.25, 0.3) is 0 Å². The van der Waals surface area contributed by atoms with Crippen molar-refractivity contribution in [1.82, 2.24) is 14.5 Å². The van der Waals surface area contributed by atoms with Crippen LogP contribution in [0.3, 0.4) is 0 Å². The van der Waals surface area contributed by atoms with E-state index in [0.29, 0.717) is 0 Å². The zero-order chi connectivity index (χ0) is 27.7. The number of hydrogen-bond donors (Lipinski definition) is 1. The smallest absolute Gasteiger partial charge is 0.443 e. The molecule has 0 atom stereocenters. The summed E-state index contributed by atoms with van der Waals surface area (Å²) < 4.78 is 59.7. The maximum absolute atomic E-state index is 13.7. The molecule has 2 heterocycles. The lowest BCUT2D eigenvalue weighted by Gasteiger charge is -2.24. The Morgan fingerprint density at radius 3 is 2.49 bits per heavy atom. The standard InChI is InChI=1S/C24H20F4N6O3/c1-23(2,3)37-22(36)34(6)20-17-18(33(5)12-30-17)14(19(31-20)32-21(35)24(26,27)28)9-7-13-8-10-15(25)16(11-13)29-4/h8,10-12H,1-3,5-6H3,(H,31,32,35). The Balaban J connectivity index is 2.26. The predicted octanol–water partition coefficient (Wildman–Crippen LogP) is 4.93. The summed E-state index contributed by atoms with van der Waals surface area (Å²) in [5.74, 6) is 1.44. The van der Waals surface area contributed by atoms with Crippen LogP contribution in [0.5, 0.6) is 0 Å². The molecular formula is C24H20F4N6O3. The van der Waals surface area contributed by atoms with Gasteiger partial charge >= 0.3 is 18.2 Å². The molecule has 192 valence electrons. The highest BCUT2D eigenvalue weighted by Crippen LogP contribution is 2.32. The molecule has 0 bridgehead atoms. The number of ether oxygens (including phenoxy) is 1. The number of halogens is 4. The quantitative estimate of drug-likeness (QED) is 0.296. The number of aryl methyl sites for hydroxylation is 1. The fourth-order valence-electron chi connectivity index (χ4n) is 3.06. The molecule has 0 saturated heterocycles. The lowest BCUT2D eigenvalue weighted by atomic mass is 10.1. The minimum atomic E-state index is -5.24. The summed E-state index contributed by atoms with van der Waals surface area (Å²) >= 11 is 0. The first-order valence-corrected chi connectivity index (χ1v) is 10.5. The first-order valence-electron chi connectivity index (χ1n) is 10.5. The van der Waals surface area contributed by atoms with Crippen molar-refractivity contribution >= 4 is 40.4 Å². The summed E-state index contributed by atoms with van der Waals surface area (Å²) in [4.78, 5) is 36.8. The lowest BCUT2D eigenvalue weighted by Crippen LogP contribution is -2.35. The maximum atomic E-state index is 13.7. The van der Waals surface area contributed by atoms with Gasteiger partial charge in [-0.05, 0) is 39.0 Å². The normalized spacial score (nSPS) is 11.4. The van der Waals surface area contributed by atoms with Crippen molar-refractivity contribution in [2.45, 2.75) is 32.5 Å². The molecule has 3 aromatic rings. The van der Waals surface area contributed by atoms with Gasteiger partial charge in [0.2, 0.25) is 5.69 Å². The molecule has 0 radical (unpaired) electrons. The second-order valence-corrected chi connectivity index (χ2v) is 8.73. The van der Waals surface area contributed by atoms with Crippen molar-refractivity contribution < 1.29 is 31.9 Å². The van der Waals surface area contributed by atoms with E-state index in [9.17, 15) is 27.2 Å². The van der Waals surface area contributed by atoms with Crippen LogP contribution >= 0.6 is 0 Å². The highest BCUT2D eigenvalue weighted by Gasteiger charge is 2.40. The number of nitrogens with one attached hydrogen (secondary N) is 1. The summed E-state index contributed by atoms with van der Waals surface area (Å²) in [5.41, 5.74) is -0.903. The molecule has 3 rings (SSSR count). The van der Waals surface area contributed by atoms with Crippen molar-refractivity contribution in [1.29, 1.82) is 0 Å². The summed E-state index contributed by atoms with van der Waals surface area (Å²) in [5, 5.41) is 1.70. The Morgan fingerprint density at radius 2 is 1.89 bits per heavy atom. The van der Waals surface area contributed by atoms with Gasteiger partial charge in [-0.15, -0.1) is 0 Å². The first kappa shape index (κ1) is 26.9. The fraction of sp³-hybridized carbons (Fsp3) is 0.292. The zero-order valence-electron chi connectivity index (χ0n) is 20.3. The monoisotopic (exact) mass is 516 g/mol. The molecule has 9 nitrogen and oxygen atoms in total. The van der Waals surface area contributed by atoms with Gasteiger partial charge in [0, 0.05) is 19.7 Å². The van der Waals surface area contributed by atoms with Crippen LogP contribution in [0.4, 0.5) is 39.7 Å². The molecule has 0 saturated carbocycles. The van der Waals surface area contributed by atoms with Gasteiger partial charge in [0.05, 0.1) is 24.0 Å². The van der Waals surface area contributed by atoms with E-state index in [1.54, 1.807) is 26.1 Å². The Kier molecular flexibility index (Phi) is 7.12. The SMILES string of the molecule is [C-]#[N+]c1cc(C#Cc2c(NC(=O)C(F)(F)F)nc(N(C)C(=O)OC(C)(C)C)c3ncn(C)c23)ccc1F. The van der Waals surface area contributed by atoms with Gasteiger partial charge in [0.15, 0.2) is 11.6 Å². The molecular weight excluding hydrogens is 496 g/mol. The number of imidazole rings is 1. The average molecular weight is 516 g/mol. The van der Waals surface area contributed by atoms with Crippen LogP contribution in [0.1, 0.15) is 31.9 Å². The summed E-state index contributed by atoms with van der Waals surface area (Å²) in [6.45, 7) is 11.9. The van der Waals surface area contributed by atoms with E-state index >= 15 is 0 Å². The van der Waals surface area contributed by atoms with Crippen molar-refractivity contribution in [3.05, 3.63) is 52.9 Å². The average Bonchev–Trinajstić information content (AvgIpc) is 3.18. The molecule has 0 unspecified atom stereocenters. The van der Waals surface area contributed by atoms with Crippen LogP contribution in [-0.2, 0) is 16.6 Å². The van der Waals surface area contributed by atoms with E-state index in [1.807, 2.05) is 0 Å². The number of rotatable bonds is 2. The topological polar surface area (TPSA) is 93.7 Å². The highest BCUT2D eigenvalue weighted by atomic mass is 19.4. The van der Waals surface area contributed by atoms with Gasteiger partial charge in [-0.2, -0.15) is 13.2 Å². The molecule has 0 spiro atoms. The molecule has 0 aliphatic heterocycles. The van der Waals surface area contributed by atoms with Gasteiger partial charge in [0.1, 0.15) is 16.9 Å². The number of benzene rings is 1. The number of anilines is 2. The molecule has 13 heteroatoms. The number of alkyl halides is 3. The third-order valence-electron chi connectivity index (χ3n) is 4.71. The van der Waals surface area contributed by atoms with Crippen LogP contribution in [0.25, 0.3) is 15.9 Å². The summed E-state index contributed by atoms with van der Waals surface area (Å²) in [6.07, 6.45) is -4.78. The van der Waals surface area contributed by atoms with E-state index in [1.165, 1.54) is 37.1 Å². The van der Waals surface area contributed by atoms with Crippen molar-refractivity contribution in [3.63, 3.8) is 0 Å². The number of carbonyl (C=O) groups excluding carboxylic acids is 2. The van der Waals surface area contributed by atoms with Crippen LogP contribution in [0.15, 0.2) is 24.5 Å². The van der Waals surface area contributed by atoms with Crippen LogP contribution in [0, 0.1) is 24.2 Å². The Morgan fingerprint density at radius 1 is 1.22 bits per heavy atom. The van der Waals surface area contributed by atoms with E-state index < -0.39 is 35.4 Å². The molecule has 0 fully saturated rings. The molecule has 1 N–H and O–H groups in total. The minimum Gasteiger partial charge on any atom is -0.443 e. The number of carbonyl (C=O) groups is 2. The predicted molar refractivity (Wildman–Crippen MR) is 126 cm³/mol. The number of hydrogen-bond acceptors (Lipinski definition) is 5. The Labute approximate surface area is 208 Å². The number of aromatic nitrogens is 3. The van der Waals surface area contributed by atoms with Gasteiger partial charge in [-0.25, -0.2) is 24.0 Å². The largest absolute Gasteiger partial charge is 0.471 e. The van der Waals surface area contributed by atoms with Crippen LogP contribution < -0.4 is 10.2 Å². The van der Waals surface area contributed by atoms with E-state index in [4.69, 9.17) is 11.3 Å². The third-order valence-corrected chi connectivity index (χ3v) is 4.71.